The van der Waals surface area contributed by atoms with E-state index in [0.29, 0.717) is 30.2 Å². The van der Waals surface area contributed by atoms with E-state index in [0.717, 1.165) is 59.8 Å². The molecule has 9 heteroatoms. The molecule has 9 nitrogen and oxygen atoms in total. The van der Waals surface area contributed by atoms with Crippen molar-refractivity contribution in [2.45, 2.75) is 38.5 Å². The molecule has 3 aromatic carbocycles. The summed E-state index contributed by atoms with van der Waals surface area (Å²) >= 11 is 0. The number of aryl methyl sites for hydroxylation is 1. The lowest BCUT2D eigenvalue weighted by Crippen LogP contribution is -2.57. The molecule has 45 heavy (non-hydrogen) atoms. The number of pyridine rings is 1. The number of amides is 2. The summed E-state index contributed by atoms with van der Waals surface area (Å²) in [6.07, 6.45) is 1.37. The van der Waals surface area contributed by atoms with E-state index in [2.05, 4.69) is 26.6 Å². The average Bonchev–Trinajstić information content (AvgIpc) is 3.06. The first kappa shape index (κ1) is 30.1. The van der Waals surface area contributed by atoms with Crippen LogP contribution in [0.3, 0.4) is 0 Å². The predicted octanol–water partition coefficient (Wildman–Crippen LogP) is 4.57. The van der Waals surface area contributed by atoms with E-state index in [9.17, 15) is 9.59 Å². The Hall–Kier alpha value is -4.89. The molecule has 1 saturated heterocycles. The van der Waals surface area contributed by atoms with Crippen LogP contribution in [-0.2, 0) is 17.8 Å². The molecule has 1 aromatic heterocycles. The lowest BCUT2D eigenvalue weighted by atomic mass is 9.99. The van der Waals surface area contributed by atoms with Gasteiger partial charge in [0, 0.05) is 55.1 Å². The molecule has 232 valence electrons. The summed E-state index contributed by atoms with van der Waals surface area (Å²) in [5.74, 6) is 1.48. The van der Waals surface area contributed by atoms with Crippen molar-refractivity contribution in [3.05, 3.63) is 107 Å². The fraction of sp³-hybridized carbons (Fsp3) is 0.306. The molecule has 0 unspecified atom stereocenters. The Bertz CT molecular complexity index is 1660. The van der Waals surface area contributed by atoms with Crippen molar-refractivity contribution in [1.29, 1.82) is 0 Å². The van der Waals surface area contributed by atoms with Crippen LogP contribution in [0.4, 0.5) is 0 Å². The topological polar surface area (TPSA) is 102 Å². The summed E-state index contributed by atoms with van der Waals surface area (Å²) < 4.78 is 17.9. The number of hydrogen-bond donors (Lipinski definition) is 2. The highest BCUT2D eigenvalue weighted by Gasteiger charge is 2.32. The molecular weight excluding hydrogens is 568 g/mol. The highest BCUT2D eigenvalue weighted by molar-refractivity contribution is 5.96. The number of likely N-dealkylation sites (tertiary alicyclic amines) is 1. The molecular formula is C36H38N4O5. The van der Waals surface area contributed by atoms with E-state index in [-0.39, 0.29) is 30.6 Å². The first-order chi connectivity index (χ1) is 21.9. The minimum atomic E-state index is -0.247. The molecule has 0 spiro atoms. The minimum absolute atomic E-state index is 0.119. The van der Waals surface area contributed by atoms with Crippen LogP contribution in [0.25, 0.3) is 11.1 Å². The van der Waals surface area contributed by atoms with E-state index < -0.39 is 0 Å². The largest absolute Gasteiger partial charge is 0.496 e. The Balaban J connectivity index is 1.29. The Morgan fingerprint density at radius 1 is 0.956 bits per heavy atom. The van der Waals surface area contributed by atoms with Gasteiger partial charge in [0.05, 0.1) is 13.2 Å². The summed E-state index contributed by atoms with van der Waals surface area (Å²) in [5, 5.41) is 6.21. The molecule has 1 fully saturated rings. The maximum absolute atomic E-state index is 13.8. The van der Waals surface area contributed by atoms with Crippen LogP contribution in [0.2, 0.25) is 0 Å². The normalized spacial score (nSPS) is 18.9. The van der Waals surface area contributed by atoms with Crippen molar-refractivity contribution in [1.82, 2.24) is 20.5 Å². The number of nitrogens with one attached hydrogen (secondary N) is 2. The van der Waals surface area contributed by atoms with Crippen LogP contribution >= 0.6 is 0 Å². The molecule has 6 bridgehead atoms. The second-order valence-corrected chi connectivity index (χ2v) is 11.5. The number of carbonyl (C=O) groups excluding carboxylic acids is 2. The first-order valence-electron chi connectivity index (χ1n) is 15.3. The van der Waals surface area contributed by atoms with Crippen LogP contribution in [-0.4, -0.2) is 67.2 Å². The number of piperidine rings is 1. The number of nitrogens with zero attached hydrogens (tertiary/aromatic N) is 2. The minimum Gasteiger partial charge on any atom is -0.496 e. The molecule has 2 amide bonds. The van der Waals surface area contributed by atoms with Crippen LogP contribution in [0.5, 0.6) is 17.2 Å². The molecule has 0 radical (unpaired) electrons. The van der Waals surface area contributed by atoms with Crippen molar-refractivity contribution in [2.75, 3.05) is 33.4 Å². The number of benzene rings is 3. The van der Waals surface area contributed by atoms with Crippen molar-refractivity contribution in [3.8, 4) is 28.4 Å². The fourth-order valence-electron chi connectivity index (χ4n) is 5.83. The van der Waals surface area contributed by atoms with Gasteiger partial charge < -0.3 is 29.7 Å². The van der Waals surface area contributed by atoms with Gasteiger partial charge in [0.1, 0.15) is 23.4 Å². The summed E-state index contributed by atoms with van der Waals surface area (Å²) in [7, 11) is 1.60. The zero-order chi connectivity index (χ0) is 31.2. The number of rotatable bonds is 4. The number of carbonyl (C=O) groups is 2. The monoisotopic (exact) mass is 606 g/mol. The van der Waals surface area contributed by atoms with Gasteiger partial charge in [-0.3, -0.25) is 14.6 Å². The summed E-state index contributed by atoms with van der Waals surface area (Å²) in [5.41, 5.74) is 5.08. The van der Waals surface area contributed by atoms with Gasteiger partial charge in [-0.25, -0.2) is 0 Å². The molecule has 2 N–H and O–H groups in total. The third-order valence-electron chi connectivity index (χ3n) is 8.26. The number of fused-ring (bicyclic) bond motifs is 7. The first-order valence-corrected chi connectivity index (χ1v) is 15.3. The Labute approximate surface area is 263 Å². The lowest BCUT2D eigenvalue weighted by molar-refractivity contribution is -0.123. The molecule has 4 aromatic rings. The highest BCUT2D eigenvalue weighted by atomic mass is 16.5. The molecule has 4 heterocycles. The van der Waals surface area contributed by atoms with Gasteiger partial charge in [-0.1, -0.05) is 30.3 Å². The van der Waals surface area contributed by atoms with Gasteiger partial charge in [0.15, 0.2) is 6.61 Å². The van der Waals surface area contributed by atoms with Crippen LogP contribution < -0.4 is 24.8 Å². The Kier molecular flexibility index (Phi) is 9.26. The standard InChI is InChI=1S/C36H38N4O5/c1-24-5-3-7-28(38-24)15-17-40-18-16-34-32(22-40)39-36(42)27-11-14-33(43-2)31(20-27)26-6-4-8-30(19-26)44-23-35(41)37-21-25-9-12-29(45-34)13-10-25/h3-14,19-20,32,34H,15-18,21-23H2,1-2H3,(H,37,41)(H,39,42)/t32-,34-/m1/s1. The molecule has 7 rings (SSSR count). The van der Waals surface area contributed by atoms with Gasteiger partial charge in [0.25, 0.3) is 11.8 Å². The zero-order valence-electron chi connectivity index (χ0n) is 25.6. The number of aromatic nitrogens is 1. The van der Waals surface area contributed by atoms with E-state index in [1.807, 2.05) is 67.6 Å². The Morgan fingerprint density at radius 3 is 2.62 bits per heavy atom. The van der Waals surface area contributed by atoms with Crippen molar-refractivity contribution in [2.24, 2.45) is 0 Å². The second kappa shape index (κ2) is 13.8. The smallest absolute Gasteiger partial charge is 0.258 e. The van der Waals surface area contributed by atoms with Gasteiger partial charge in [-0.15, -0.1) is 0 Å². The molecule has 0 saturated carbocycles. The quantitative estimate of drug-likeness (QED) is 0.351. The van der Waals surface area contributed by atoms with Crippen molar-refractivity contribution in [3.63, 3.8) is 0 Å². The zero-order valence-corrected chi connectivity index (χ0v) is 25.6. The maximum Gasteiger partial charge on any atom is 0.258 e. The molecule has 3 aliphatic rings. The van der Waals surface area contributed by atoms with Gasteiger partial charge >= 0.3 is 0 Å². The Morgan fingerprint density at radius 2 is 1.80 bits per heavy atom. The number of hydrogen-bond acceptors (Lipinski definition) is 7. The van der Waals surface area contributed by atoms with Crippen LogP contribution in [0.15, 0.2) is 84.9 Å². The lowest BCUT2D eigenvalue weighted by Gasteiger charge is -2.39. The third kappa shape index (κ3) is 7.61. The highest BCUT2D eigenvalue weighted by Crippen LogP contribution is 2.33. The van der Waals surface area contributed by atoms with E-state index >= 15 is 0 Å². The molecule has 0 aliphatic carbocycles. The average molecular weight is 607 g/mol. The van der Waals surface area contributed by atoms with Crippen molar-refractivity contribution < 1.29 is 23.8 Å². The summed E-state index contributed by atoms with van der Waals surface area (Å²) in [4.78, 5) is 33.4. The molecule has 3 aliphatic heterocycles. The predicted molar refractivity (Wildman–Crippen MR) is 172 cm³/mol. The third-order valence-corrected chi connectivity index (χ3v) is 8.26. The summed E-state index contributed by atoms with van der Waals surface area (Å²) in [6, 6.07) is 26.4. The fourth-order valence-corrected chi connectivity index (χ4v) is 5.83. The summed E-state index contributed by atoms with van der Waals surface area (Å²) in [6.45, 7) is 4.59. The SMILES string of the molecule is COc1ccc2cc1-c1cccc(c1)OCC(=O)NCc1ccc(cc1)O[C@@H]1CCN(CCc3cccc(C)n3)C[C@H]1NC2=O. The molecule has 2 atom stereocenters. The van der Waals surface area contributed by atoms with Crippen LogP contribution in [0, 0.1) is 6.92 Å². The van der Waals surface area contributed by atoms with E-state index in [4.69, 9.17) is 14.2 Å². The van der Waals surface area contributed by atoms with Crippen LogP contribution in [0.1, 0.15) is 33.7 Å². The van der Waals surface area contributed by atoms with E-state index in [1.54, 1.807) is 25.3 Å². The maximum atomic E-state index is 13.8. The number of methoxy groups -OCH3 is 1. The van der Waals surface area contributed by atoms with Gasteiger partial charge in [0.2, 0.25) is 0 Å². The van der Waals surface area contributed by atoms with Gasteiger partial charge in [-0.2, -0.15) is 0 Å². The number of ether oxygens (including phenoxy) is 3. The second-order valence-electron chi connectivity index (χ2n) is 11.5. The van der Waals surface area contributed by atoms with Crippen molar-refractivity contribution >= 4 is 11.8 Å². The van der Waals surface area contributed by atoms with E-state index in [1.165, 1.54) is 0 Å². The van der Waals surface area contributed by atoms with Gasteiger partial charge in [-0.05, 0) is 79.1 Å².